The van der Waals surface area contributed by atoms with Crippen LogP contribution in [-0.2, 0) is 0 Å². The van der Waals surface area contributed by atoms with Crippen LogP contribution in [0.2, 0.25) is 0 Å². The Balaban J connectivity index is 1.85. The molecule has 3 rings (SSSR count). The van der Waals surface area contributed by atoms with E-state index in [9.17, 15) is 0 Å². The first-order valence-corrected chi connectivity index (χ1v) is 6.36. The lowest BCUT2D eigenvalue weighted by molar-refractivity contribution is 0.757. The zero-order valence-corrected chi connectivity index (χ0v) is 10.3. The van der Waals surface area contributed by atoms with E-state index < -0.39 is 0 Å². The van der Waals surface area contributed by atoms with E-state index in [1.807, 2.05) is 6.07 Å². The monoisotopic (exact) mass is 232 g/mol. The molecule has 2 aromatic carbocycles. The lowest BCUT2D eigenvalue weighted by Crippen LogP contribution is -2.11. The molecule has 0 radical (unpaired) electrons. The Morgan fingerprint density at radius 3 is 2.06 bits per heavy atom. The van der Waals surface area contributed by atoms with Gasteiger partial charge in [-0.25, -0.2) is 0 Å². The van der Waals surface area contributed by atoms with Crippen LogP contribution in [0.3, 0.4) is 0 Å². The fraction of sp³-hybridized carbons (Fsp3) is 0.111. The fourth-order valence-electron chi connectivity index (χ4n) is 2.49. The normalized spacial score (nSPS) is 17.8. The van der Waals surface area contributed by atoms with Gasteiger partial charge in [0.1, 0.15) is 0 Å². The number of hydrogen-bond acceptors (Lipinski definition) is 0. The van der Waals surface area contributed by atoms with Crippen molar-refractivity contribution < 1.29 is 0 Å². The van der Waals surface area contributed by atoms with Crippen molar-refractivity contribution in [2.75, 3.05) is 0 Å². The van der Waals surface area contributed by atoms with Gasteiger partial charge in [0.2, 0.25) is 0 Å². The van der Waals surface area contributed by atoms with Crippen LogP contribution in [0.15, 0.2) is 78.9 Å². The molecular weight excluding hydrogens is 216 g/mol. The van der Waals surface area contributed by atoms with Crippen molar-refractivity contribution in [3.8, 4) is 0 Å². The van der Waals surface area contributed by atoms with Crippen LogP contribution in [-0.4, -0.2) is 0 Å². The average Bonchev–Trinajstić information content (AvgIpc) is 2.40. The van der Waals surface area contributed by atoms with Crippen molar-refractivity contribution in [1.82, 2.24) is 0 Å². The third-order valence-electron chi connectivity index (χ3n) is 3.62. The van der Waals surface area contributed by atoms with Crippen molar-refractivity contribution in [3.63, 3.8) is 0 Å². The highest BCUT2D eigenvalue weighted by molar-refractivity contribution is 5.80. The minimum atomic E-state index is 0.527. The van der Waals surface area contributed by atoms with Gasteiger partial charge in [0.05, 0.1) is 0 Å². The Bertz CT molecular complexity index is 576. The highest BCUT2D eigenvalue weighted by atomic mass is 14.3. The van der Waals surface area contributed by atoms with Gasteiger partial charge >= 0.3 is 0 Å². The van der Waals surface area contributed by atoms with Crippen LogP contribution in [0.5, 0.6) is 0 Å². The number of rotatable bonds is 3. The molecule has 0 aromatic heterocycles. The van der Waals surface area contributed by atoms with Crippen LogP contribution in [0.25, 0.3) is 5.57 Å². The summed E-state index contributed by atoms with van der Waals surface area (Å²) in [5.41, 5.74) is 5.17. The van der Waals surface area contributed by atoms with Crippen LogP contribution in [0.1, 0.15) is 23.5 Å². The van der Waals surface area contributed by atoms with Crippen molar-refractivity contribution in [2.24, 2.45) is 0 Å². The SMILES string of the molecule is C=C(C1=CCC1c1ccccc1)c1ccccc1. The smallest absolute Gasteiger partial charge is 0.0127 e. The minimum absolute atomic E-state index is 0.527. The van der Waals surface area contributed by atoms with E-state index in [-0.39, 0.29) is 0 Å². The molecule has 0 saturated carbocycles. The molecule has 1 aliphatic rings. The lowest BCUT2D eigenvalue weighted by Gasteiger charge is -2.29. The van der Waals surface area contributed by atoms with Gasteiger partial charge < -0.3 is 0 Å². The third kappa shape index (κ3) is 1.91. The third-order valence-corrected chi connectivity index (χ3v) is 3.62. The molecule has 0 N–H and O–H groups in total. The summed E-state index contributed by atoms with van der Waals surface area (Å²) in [6.07, 6.45) is 3.43. The molecule has 88 valence electrons. The van der Waals surface area contributed by atoms with Gasteiger partial charge in [-0.05, 0) is 28.7 Å². The number of benzene rings is 2. The summed E-state index contributed by atoms with van der Waals surface area (Å²) < 4.78 is 0. The molecule has 1 unspecified atom stereocenters. The number of hydrogen-bond donors (Lipinski definition) is 0. The van der Waals surface area contributed by atoms with Crippen molar-refractivity contribution in [2.45, 2.75) is 12.3 Å². The molecule has 0 heterocycles. The summed E-state index contributed by atoms with van der Waals surface area (Å²) in [6, 6.07) is 21.1. The summed E-state index contributed by atoms with van der Waals surface area (Å²) in [6.45, 7) is 4.25. The Kier molecular flexibility index (Phi) is 2.85. The first-order valence-electron chi connectivity index (χ1n) is 6.36. The second-order valence-electron chi connectivity index (χ2n) is 4.70. The summed E-state index contributed by atoms with van der Waals surface area (Å²) >= 11 is 0. The van der Waals surface area contributed by atoms with Gasteiger partial charge in [-0.15, -0.1) is 0 Å². The topological polar surface area (TPSA) is 0 Å². The zero-order valence-electron chi connectivity index (χ0n) is 10.3. The lowest BCUT2D eigenvalue weighted by atomic mass is 9.75. The summed E-state index contributed by atoms with van der Waals surface area (Å²) in [4.78, 5) is 0. The first-order chi connectivity index (χ1) is 8.86. The van der Waals surface area contributed by atoms with Gasteiger partial charge in [-0.1, -0.05) is 73.3 Å². The van der Waals surface area contributed by atoms with Crippen molar-refractivity contribution in [1.29, 1.82) is 0 Å². The zero-order chi connectivity index (χ0) is 12.4. The minimum Gasteiger partial charge on any atom is -0.0909 e. The second kappa shape index (κ2) is 4.66. The molecule has 0 aliphatic heterocycles. The highest BCUT2D eigenvalue weighted by Crippen LogP contribution is 2.43. The predicted octanol–water partition coefficient (Wildman–Crippen LogP) is 4.81. The van der Waals surface area contributed by atoms with Gasteiger partial charge in [0.25, 0.3) is 0 Å². The first kappa shape index (κ1) is 11.0. The van der Waals surface area contributed by atoms with Gasteiger partial charge in [0, 0.05) is 5.92 Å². The van der Waals surface area contributed by atoms with E-state index in [1.165, 1.54) is 16.7 Å². The van der Waals surface area contributed by atoms with Crippen LogP contribution in [0, 0.1) is 0 Å². The van der Waals surface area contributed by atoms with E-state index in [2.05, 4.69) is 67.3 Å². The predicted molar refractivity (Wildman–Crippen MR) is 77.4 cm³/mol. The van der Waals surface area contributed by atoms with Crippen LogP contribution < -0.4 is 0 Å². The van der Waals surface area contributed by atoms with Crippen LogP contribution >= 0.6 is 0 Å². The van der Waals surface area contributed by atoms with Gasteiger partial charge in [-0.3, -0.25) is 0 Å². The summed E-state index contributed by atoms with van der Waals surface area (Å²) in [5.74, 6) is 0.527. The highest BCUT2D eigenvalue weighted by Gasteiger charge is 2.25. The van der Waals surface area contributed by atoms with Crippen LogP contribution in [0.4, 0.5) is 0 Å². The van der Waals surface area contributed by atoms with E-state index >= 15 is 0 Å². The Hall–Kier alpha value is -2.08. The van der Waals surface area contributed by atoms with Gasteiger partial charge in [-0.2, -0.15) is 0 Å². The molecule has 18 heavy (non-hydrogen) atoms. The molecule has 0 heteroatoms. The van der Waals surface area contributed by atoms with E-state index in [0.717, 1.165) is 12.0 Å². The quantitative estimate of drug-likeness (QED) is 0.712. The van der Waals surface area contributed by atoms with E-state index in [0.29, 0.717) is 5.92 Å². The molecule has 2 aromatic rings. The average molecular weight is 232 g/mol. The molecule has 0 saturated heterocycles. The van der Waals surface area contributed by atoms with E-state index in [4.69, 9.17) is 0 Å². The maximum Gasteiger partial charge on any atom is 0.0127 e. The Morgan fingerprint density at radius 1 is 0.889 bits per heavy atom. The molecule has 1 aliphatic carbocycles. The molecule has 0 fully saturated rings. The molecule has 0 spiro atoms. The maximum atomic E-state index is 4.25. The molecular formula is C18H16. The fourth-order valence-corrected chi connectivity index (χ4v) is 2.49. The number of allylic oxidation sites excluding steroid dienone is 3. The summed E-state index contributed by atoms with van der Waals surface area (Å²) in [7, 11) is 0. The second-order valence-corrected chi connectivity index (χ2v) is 4.70. The Morgan fingerprint density at radius 2 is 1.50 bits per heavy atom. The van der Waals surface area contributed by atoms with Crippen molar-refractivity contribution >= 4 is 5.57 Å². The van der Waals surface area contributed by atoms with Gasteiger partial charge in [0.15, 0.2) is 0 Å². The molecule has 0 nitrogen and oxygen atoms in total. The molecule has 0 bridgehead atoms. The van der Waals surface area contributed by atoms with E-state index in [1.54, 1.807) is 0 Å². The molecule has 0 amide bonds. The summed E-state index contributed by atoms with van der Waals surface area (Å²) in [5, 5.41) is 0. The van der Waals surface area contributed by atoms with Crippen molar-refractivity contribution in [3.05, 3.63) is 90.0 Å². The standard InChI is InChI=1S/C18H16/c1-14(15-8-4-2-5-9-15)17-12-13-18(17)16-10-6-3-7-11-16/h2-12,18H,1,13H2. The maximum absolute atomic E-state index is 4.25. The molecule has 1 atom stereocenters. The largest absolute Gasteiger partial charge is 0.0909 e. The Labute approximate surface area is 108 Å².